The predicted octanol–water partition coefficient (Wildman–Crippen LogP) is 4.33. The molecule has 0 radical (unpaired) electrons. The maximum Gasteiger partial charge on any atom is 0.274 e. The second-order valence-corrected chi connectivity index (χ2v) is 13.3. The van der Waals surface area contributed by atoms with E-state index < -0.39 is 8.07 Å². The molecule has 23 heavy (non-hydrogen) atoms. The number of likely N-dealkylation sites (N-methyl/N-ethyl adjacent to an activating group) is 1. The van der Waals surface area contributed by atoms with Crippen LogP contribution in [0.25, 0.3) is 0 Å². The van der Waals surface area contributed by atoms with Gasteiger partial charge < -0.3 is 4.74 Å². The normalized spacial score (nSPS) is 20.0. The summed E-state index contributed by atoms with van der Waals surface area (Å²) in [6.45, 7) is 14.6. The Hall–Kier alpha value is -0.653. The van der Waals surface area contributed by atoms with Crippen LogP contribution in [0.4, 0.5) is 0 Å². The summed E-state index contributed by atoms with van der Waals surface area (Å²) in [6.07, 6.45) is 1.86. The number of hydrogen-bond acceptors (Lipinski definition) is 3. The maximum absolute atomic E-state index is 12.9. The number of carbonyl (C=O) groups is 1. The van der Waals surface area contributed by atoms with Gasteiger partial charge in [0.2, 0.25) is 0 Å². The minimum atomic E-state index is -1.82. The number of nitrogens with zero attached hydrogens (tertiary/aromatic N) is 1. The SMILES string of the molecule is CON(C)C(=O)/C(=C\[Si](C(C)C)(C(C)C)C(C)C)C1CCCO1. The van der Waals surface area contributed by atoms with Gasteiger partial charge in [-0.25, -0.2) is 5.06 Å². The van der Waals surface area contributed by atoms with Crippen molar-refractivity contribution >= 4 is 14.0 Å². The topological polar surface area (TPSA) is 38.8 Å². The monoisotopic (exact) mass is 341 g/mol. The van der Waals surface area contributed by atoms with Crippen molar-refractivity contribution in [2.45, 2.75) is 77.1 Å². The summed E-state index contributed by atoms with van der Waals surface area (Å²) in [7, 11) is 1.38. The molecule has 0 aliphatic carbocycles. The minimum Gasteiger partial charge on any atom is -0.373 e. The number of hydroxylamine groups is 2. The molecule has 4 nitrogen and oxygen atoms in total. The molecule has 1 heterocycles. The van der Waals surface area contributed by atoms with Crippen LogP contribution in [0.3, 0.4) is 0 Å². The average molecular weight is 342 g/mol. The Morgan fingerprint density at radius 2 is 1.70 bits per heavy atom. The lowest BCUT2D eigenvalue weighted by Gasteiger charge is -2.41. The minimum absolute atomic E-state index is 0.0572. The van der Waals surface area contributed by atoms with Crippen molar-refractivity contribution in [3.8, 4) is 0 Å². The van der Waals surface area contributed by atoms with Crippen LogP contribution in [-0.2, 0) is 14.4 Å². The molecule has 1 amide bonds. The number of ether oxygens (including phenoxy) is 1. The van der Waals surface area contributed by atoms with Crippen LogP contribution in [0.15, 0.2) is 11.3 Å². The summed E-state index contributed by atoms with van der Waals surface area (Å²) in [6, 6.07) is 0. The molecule has 1 atom stereocenters. The largest absolute Gasteiger partial charge is 0.373 e. The van der Waals surface area contributed by atoms with Crippen LogP contribution in [0, 0.1) is 0 Å². The van der Waals surface area contributed by atoms with Crippen molar-refractivity contribution in [2.75, 3.05) is 20.8 Å². The van der Waals surface area contributed by atoms with Crippen LogP contribution >= 0.6 is 0 Å². The first-order valence-corrected chi connectivity index (χ1v) is 11.2. The smallest absolute Gasteiger partial charge is 0.274 e. The van der Waals surface area contributed by atoms with Gasteiger partial charge in [-0.15, -0.1) is 0 Å². The molecule has 0 aromatic heterocycles. The van der Waals surface area contributed by atoms with E-state index in [2.05, 4.69) is 47.2 Å². The van der Waals surface area contributed by atoms with Gasteiger partial charge in [-0.1, -0.05) is 47.2 Å². The third-order valence-electron chi connectivity index (χ3n) is 5.49. The van der Waals surface area contributed by atoms with Crippen molar-refractivity contribution < 1.29 is 14.4 Å². The van der Waals surface area contributed by atoms with Crippen LogP contribution in [0.5, 0.6) is 0 Å². The second-order valence-electron chi connectivity index (χ2n) is 7.55. The summed E-state index contributed by atoms with van der Waals surface area (Å²) < 4.78 is 5.87. The fourth-order valence-corrected chi connectivity index (χ4v) is 10.00. The molecule has 1 unspecified atom stereocenters. The molecule has 5 heteroatoms. The van der Waals surface area contributed by atoms with E-state index in [4.69, 9.17) is 9.57 Å². The second kappa shape index (κ2) is 8.45. The third kappa shape index (κ3) is 4.25. The zero-order chi connectivity index (χ0) is 17.8. The van der Waals surface area contributed by atoms with Gasteiger partial charge in [0.05, 0.1) is 21.3 Å². The Labute approximate surface area is 143 Å². The molecule has 1 aliphatic heterocycles. The quantitative estimate of drug-likeness (QED) is 0.393. The van der Waals surface area contributed by atoms with Gasteiger partial charge in [0, 0.05) is 19.2 Å². The molecular weight excluding hydrogens is 306 g/mol. The molecule has 1 fully saturated rings. The number of hydrogen-bond donors (Lipinski definition) is 0. The van der Waals surface area contributed by atoms with E-state index in [1.807, 2.05) is 0 Å². The van der Waals surface area contributed by atoms with Gasteiger partial charge in [0.25, 0.3) is 5.91 Å². The van der Waals surface area contributed by atoms with Gasteiger partial charge in [0.1, 0.15) is 0 Å². The van der Waals surface area contributed by atoms with Crippen molar-refractivity contribution in [1.82, 2.24) is 5.06 Å². The molecule has 1 aliphatic rings. The highest BCUT2D eigenvalue weighted by Crippen LogP contribution is 2.44. The Morgan fingerprint density at radius 3 is 2.04 bits per heavy atom. The van der Waals surface area contributed by atoms with E-state index in [9.17, 15) is 4.79 Å². The first-order valence-electron chi connectivity index (χ1n) is 8.84. The van der Waals surface area contributed by atoms with Crippen LogP contribution in [0.2, 0.25) is 16.6 Å². The molecule has 1 saturated heterocycles. The standard InChI is InChI=1S/C18H35NO3Si/c1-13(2)23(14(3)4,15(5)6)12-16(17-10-9-11-22-17)18(20)19(7)21-8/h12-15,17H,9-11H2,1-8H3/b16-12-. The van der Waals surface area contributed by atoms with Crippen LogP contribution in [-0.4, -0.2) is 45.9 Å². The first-order chi connectivity index (χ1) is 10.7. The summed E-state index contributed by atoms with van der Waals surface area (Å²) in [5, 5.41) is 1.33. The number of rotatable bonds is 7. The van der Waals surface area contributed by atoms with E-state index in [1.54, 1.807) is 7.05 Å². The van der Waals surface area contributed by atoms with Crippen molar-refractivity contribution in [3.63, 3.8) is 0 Å². The Balaban J connectivity index is 3.40. The first kappa shape index (κ1) is 20.4. The van der Waals surface area contributed by atoms with Crippen molar-refractivity contribution in [1.29, 1.82) is 0 Å². The predicted molar refractivity (Wildman–Crippen MR) is 97.9 cm³/mol. The van der Waals surface area contributed by atoms with Gasteiger partial charge in [0.15, 0.2) is 0 Å². The molecule has 0 bridgehead atoms. The van der Waals surface area contributed by atoms with Gasteiger partial charge in [-0.3, -0.25) is 9.63 Å². The Bertz CT molecular complexity index is 404. The highest BCUT2D eigenvalue weighted by molar-refractivity contribution is 6.88. The fourth-order valence-electron chi connectivity index (χ4n) is 4.15. The van der Waals surface area contributed by atoms with Gasteiger partial charge >= 0.3 is 0 Å². The lowest BCUT2D eigenvalue weighted by atomic mass is 10.1. The van der Waals surface area contributed by atoms with Crippen molar-refractivity contribution in [3.05, 3.63) is 11.3 Å². The number of carbonyl (C=O) groups excluding carboxylic acids is 1. The zero-order valence-electron chi connectivity index (χ0n) is 16.2. The molecule has 134 valence electrons. The molecule has 0 aromatic rings. The lowest BCUT2D eigenvalue weighted by Crippen LogP contribution is -2.45. The number of amides is 1. The van der Waals surface area contributed by atoms with E-state index in [1.165, 1.54) is 12.2 Å². The van der Waals surface area contributed by atoms with E-state index in [0.717, 1.165) is 25.0 Å². The zero-order valence-corrected chi connectivity index (χ0v) is 17.2. The fraction of sp³-hybridized carbons (Fsp3) is 0.833. The molecule has 0 saturated carbocycles. The van der Waals surface area contributed by atoms with Crippen LogP contribution in [0.1, 0.15) is 54.4 Å². The summed E-state index contributed by atoms with van der Waals surface area (Å²) >= 11 is 0. The van der Waals surface area contributed by atoms with Gasteiger partial charge in [-0.05, 0) is 29.5 Å². The lowest BCUT2D eigenvalue weighted by molar-refractivity contribution is -0.165. The van der Waals surface area contributed by atoms with E-state index in [0.29, 0.717) is 16.6 Å². The third-order valence-corrected chi connectivity index (χ3v) is 12.3. The molecule has 0 N–H and O–H groups in total. The summed E-state index contributed by atoms with van der Waals surface area (Å²) in [5.74, 6) is -0.0572. The maximum atomic E-state index is 12.9. The van der Waals surface area contributed by atoms with Gasteiger partial charge in [-0.2, -0.15) is 0 Å². The highest BCUT2D eigenvalue weighted by Gasteiger charge is 2.43. The summed E-state index contributed by atoms with van der Waals surface area (Å²) in [4.78, 5) is 18.0. The molecule has 0 aromatic carbocycles. The van der Waals surface area contributed by atoms with E-state index >= 15 is 0 Å². The molecule has 0 spiro atoms. The molecular formula is C18H35NO3Si. The highest BCUT2D eigenvalue weighted by atomic mass is 28.3. The summed E-state index contributed by atoms with van der Waals surface area (Å²) in [5.41, 5.74) is 4.87. The van der Waals surface area contributed by atoms with Crippen molar-refractivity contribution in [2.24, 2.45) is 0 Å². The Kier molecular flexibility index (Phi) is 7.49. The molecule has 1 rings (SSSR count). The van der Waals surface area contributed by atoms with E-state index in [-0.39, 0.29) is 12.0 Å². The Morgan fingerprint density at radius 1 is 1.17 bits per heavy atom. The average Bonchev–Trinajstić information content (AvgIpc) is 2.99. The van der Waals surface area contributed by atoms with Crippen LogP contribution < -0.4 is 0 Å².